The Labute approximate surface area is 106 Å². The van der Waals surface area contributed by atoms with Gasteiger partial charge in [-0.15, -0.1) is 0 Å². The van der Waals surface area contributed by atoms with Crippen LogP contribution in [-0.4, -0.2) is 27.0 Å². The van der Waals surface area contributed by atoms with Crippen molar-refractivity contribution in [2.24, 2.45) is 0 Å². The maximum Gasteiger partial charge on any atom is 0.356 e. The highest BCUT2D eigenvalue weighted by atomic mass is 16.4. The number of aromatic carboxylic acids is 1. The Bertz CT molecular complexity index is 693. The number of carbonyl (C=O) groups is 2. The van der Waals surface area contributed by atoms with Gasteiger partial charge in [-0.25, -0.2) is 9.78 Å². The highest BCUT2D eigenvalue weighted by Crippen LogP contribution is 2.12. The van der Waals surface area contributed by atoms with Crippen molar-refractivity contribution in [2.45, 2.75) is 0 Å². The predicted octanol–water partition coefficient (Wildman–Crippen LogP) is 0.720. The maximum atomic E-state index is 11.9. The average Bonchev–Trinajstić information content (AvgIpc) is 2.39. The summed E-state index contributed by atoms with van der Waals surface area (Å²) in [7, 11) is 0. The molecular formula is C12H9N3O4. The van der Waals surface area contributed by atoms with Gasteiger partial charge in [-0.3, -0.25) is 9.59 Å². The number of carboxylic acids is 1. The van der Waals surface area contributed by atoms with Crippen LogP contribution in [0.4, 0.5) is 5.69 Å². The third-order valence-electron chi connectivity index (χ3n) is 2.33. The molecule has 7 nitrogen and oxygen atoms in total. The van der Waals surface area contributed by atoms with Gasteiger partial charge in [0.2, 0.25) is 0 Å². The number of carbonyl (C=O) groups excluding carboxylic acids is 1. The highest BCUT2D eigenvalue weighted by molar-refractivity contribution is 6.06. The fourth-order valence-corrected chi connectivity index (χ4v) is 1.46. The van der Waals surface area contributed by atoms with Gasteiger partial charge >= 0.3 is 5.97 Å². The molecule has 19 heavy (non-hydrogen) atoms. The van der Waals surface area contributed by atoms with E-state index in [-0.39, 0.29) is 16.9 Å². The zero-order valence-corrected chi connectivity index (χ0v) is 9.58. The third-order valence-corrected chi connectivity index (χ3v) is 2.33. The van der Waals surface area contributed by atoms with E-state index in [0.717, 1.165) is 0 Å². The van der Waals surface area contributed by atoms with Crippen molar-refractivity contribution in [1.82, 2.24) is 9.97 Å². The first kappa shape index (κ1) is 12.5. The number of nitrogens with one attached hydrogen (secondary N) is 2. The van der Waals surface area contributed by atoms with E-state index in [4.69, 9.17) is 5.11 Å². The molecule has 2 aromatic heterocycles. The van der Waals surface area contributed by atoms with Crippen molar-refractivity contribution in [2.75, 3.05) is 5.32 Å². The first-order valence-corrected chi connectivity index (χ1v) is 5.26. The second-order valence-corrected chi connectivity index (χ2v) is 3.58. The van der Waals surface area contributed by atoms with Gasteiger partial charge in [0.05, 0.1) is 5.69 Å². The fourth-order valence-electron chi connectivity index (χ4n) is 1.46. The van der Waals surface area contributed by atoms with Crippen LogP contribution in [0.1, 0.15) is 20.8 Å². The molecule has 0 atom stereocenters. The molecule has 0 unspecified atom stereocenters. The van der Waals surface area contributed by atoms with Gasteiger partial charge in [0, 0.05) is 24.7 Å². The summed E-state index contributed by atoms with van der Waals surface area (Å²) >= 11 is 0. The minimum atomic E-state index is -1.27. The topological polar surface area (TPSA) is 112 Å². The number of amides is 1. The van der Waals surface area contributed by atoms with Crippen molar-refractivity contribution in [3.8, 4) is 0 Å². The summed E-state index contributed by atoms with van der Waals surface area (Å²) < 4.78 is 0. The fraction of sp³-hybridized carbons (Fsp3) is 0. The number of aromatic nitrogens is 2. The number of hydrogen-bond donors (Lipinski definition) is 3. The van der Waals surface area contributed by atoms with Gasteiger partial charge in [-0.1, -0.05) is 0 Å². The molecule has 7 heteroatoms. The van der Waals surface area contributed by atoms with Crippen molar-refractivity contribution in [3.63, 3.8) is 0 Å². The maximum absolute atomic E-state index is 11.9. The summed E-state index contributed by atoms with van der Waals surface area (Å²) in [5.74, 6) is -1.96. The monoisotopic (exact) mass is 259 g/mol. The Hall–Kier alpha value is -2.96. The number of anilines is 1. The van der Waals surface area contributed by atoms with Crippen LogP contribution in [0.25, 0.3) is 0 Å². The first-order valence-electron chi connectivity index (χ1n) is 5.26. The van der Waals surface area contributed by atoms with Crippen LogP contribution >= 0.6 is 0 Å². The summed E-state index contributed by atoms with van der Waals surface area (Å²) in [5, 5.41) is 11.3. The smallest absolute Gasteiger partial charge is 0.356 e. The van der Waals surface area contributed by atoms with Gasteiger partial charge in [0.25, 0.3) is 5.91 Å². The Kier molecular flexibility index (Phi) is 3.37. The van der Waals surface area contributed by atoms with E-state index >= 15 is 0 Å². The van der Waals surface area contributed by atoms with Gasteiger partial charge in [0.15, 0.2) is 11.1 Å². The molecule has 0 saturated heterocycles. The summed E-state index contributed by atoms with van der Waals surface area (Å²) in [4.78, 5) is 40.5. The SMILES string of the molecule is O=C(O)c1ncccc1NC(=O)c1c[nH]ccc1=O. The molecule has 0 fully saturated rings. The second-order valence-electron chi connectivity index (χ2n) is 3.58. The third kappa shape index (κ3) is 2.65. The molecular weight excluding hydrogens is 250 g/mol. The molecule has 0 spiro atoms. The molecule has 0 aromatic carbocycles. The number of pyridine rings is 2. The first-order chi connectivity index (χ1) is 9.09. The standard InChI is InChI=1S/C12H9N3O4/c16-9-3-5-13-6-7(9)11(17)15-8-2-1-4-14-10(8)12(18)19/h1-6H,(H,13,16)(H,15,17)(H,18,19). The van der Waals surface area contributed by atoms with Crippen LogP contribution in [-0.2, 0) is 0 Å². The number of H-pyrrole nitrogens is 1. The summed E-state index contributed by atoms with van der Waals surface area (Å²) in [6, 6.07) is 4.08. The molecule has 0 radical (unpaired) electrons. The Morgan fingerprint density at radius 1 is 1.32 bits per heavy atom. The van der Waals surface area contributed by atoms with Gasteiger partial charge in [-0.2, -0.15) is 0 Å². The Morgan fingerprint density at radius 3 is 2.79 bits per heavy atom. The van der Waals surface area contributed by atoms with Crippen LogP contribution < -0.4 is 10.7 Å². The second kappa shape index (κ2) is 5.13. The predicted molar refractivity (Wildman–Crippen MR) is 66.2 cm³/mol. The molecule has 0 aliphatic heterocycles. The average molecular weight is 259 g/mol. The zero-order valence-electron chi connectivity index (χ0n) is 9.58. The summed E-state index contributed by atoms with van der Waals surface area (Å²) in [5.41, 5.74) is -0.828. The summed E-state index contributed by atoms with van der Waals surface area (Å²) in [6.07, 6.45) is 3.94. The molecule has 0 bridgehead atoms. The lowest BCUT2D eigenvalue weighted by molar-refractivity contribution is 0.0692. The van der Waals surface area contributed by atoms with E-state index in [9.17, 15) is 14.4 Å². The van der Waals surface area contributed by atoms with Crippen molar-refractivity contribution >= 4 is 17.6 Å². The largest absolute Gasteiger partial charge is 0.476 e. The van der Waals surface area contributed by atoms with Crippen LogP contribution in [0.3, 0.4) is 0 Å². The Balaban J connectivity index is 2.33. The highest BCUT2D eigenvalue weighted by Gasteiger charge is 2.15. The minimum absolute atomic E-state index is 0.0308. The van der Waals surface area contributed by atoms with E-state index in [1.165, 1.54) is 36.8 Å². The van der Waals surface area contributed by atoms with E-state index in [2.05, 4.69) is 15.3 Å². The normalized spacial score (nSPS) is 9.89. The number of hydrogen-bond acceptors (Lipinski definition) is 4. The molecule has 0 aliphatic carbocycles. The Morgan fingerprint density at radius 2 is 2.11 bits per heavy atom. The molecule has 3 N–H and O–H groups in total. The number of carboxylic acid groups (broad SMARTS) is 1. The molecule has 1 amide bonds. The van der Waals surface area contributed by atoms with E-state index in [1.54, 1.807) is 0 Å². The lowest BCUT2D eigenvalue weighted by Gasteiger charge is -2.06. The number of nitrogens with zero attached hydrogens (tertiary/aromatic N) is 1. The van der Waals surface area contributed by atoms with Gasteiger partial charge in [-0.05, 0) is 12.1 Å². The lowest BCUT2D eigenvalue weighted by Crippen LogP contribution is -2.22. The van der Waals surface area contributed by atoms with Crippen molar-refractivity contribution in [1.29, 1.82) is 0 Å². The van der Waals surface area contributed by atoms with E-state index in [0.29, 0.717) is 0 Å². The molecule has 0 saturated carbocycles. The minimum Gasteiger partial charge on any atom is -0.476 e. The number of aromatic amines is 1. The summed E-state index contributed by atoms with van der Waals surface area (Å²) in [6.45, 7) is 0. The van der Waals surface area contributed by atoms with Crippen molar-refractivity contribution in [3.05, 3.63) is 58.3 Å². The van der Waals surface area contributed by atoms with E-state index < -0.39 is 17.3 Å². The van der Waals surface area contributed by atoms with Crippen LogP contribution in [0.5, 0.6) is 0 Å². The van der Waals surface area contributed by atoms with Crippen LogP contribution in [0.15, 0.2) is 41.6 Å². The molecule has 96 valence electrons. The lowest BCUT2D eigenvalue weighted by atomic mass is 10.2. The van der Waals surface area contributed by atoms with Gasteiger partial charge < -0.3 is 15.4 Å². The van der Waals surface area contributed by atoms with Gasteiger partial charge in [0.1, 0.15) is 5.56 Å². The molecule has 2 rings (SSSR count). The molecule has 2 aromatic rings. The quantitative estimate of drug-likeness (QED) is 0.751. The molecule has 2 heterocycles. The zero-order chi connectivity index (χ0) is 13.8. The molecule has 0 aliphatic rings. The van der Waals surface area contributed by atoms with E-state index in [1.807, 2.05) is 0 Å². The van der Waals surface area contributed by atoms with Crippen LogP contribution in [0.2, 0.25) is 0 Å². The van der Waals surface area contributed by atoms with Crippen molar-refractivity contribution < 1.29 is 14.7 Å². The number of rotatable bonds is 3. The van der Waals surface area contributed by atoms with Crippen LogP contribution in [0, 0.1) is 0 Å².